The van der Waals surface area contributed by atoms with Crippen molar-refractivity contribution in [2.24, 2.45) is 11.7 Å². The number of ether oxygens (including phenoxy) is 1. The van der Waals surface area contributed by atoms with E-state index in [4.69, 9.17) is 22.1 Å². The van der Waals surface area contributed by atoms with Crippen LogP contribution in [0.3, 0.4) is 0 Å². The van der Waals surface area contributed by atoms with Crippen molar-refractivity contribution in [3.05, 3.63) is 29.0 Å². The highest BCUT2D eigenvalue weighted by Gasteiger charge is 2.52. The minimum atomic E-state index is -3.94. The predicted octanol–water partition coefficient (Wildman–Crippen LogP) is 1.26. The van der Waals surface area contributed by atoms with Gasteiger partial charge in [-0.15, -0.1) is 0 Å². The minimum absolute atomic E-state index is 0.0297. The second kappa shape index (κ2) is 5.48. The minimum Gasteiger partial charge on any atom is -0.376 e. The molecule has 3 N–H and O–H groups in total. The average molecular weight is 335 g/mol. The molecule has 1 saturated heterocycles. The molecule has 3 rings (SSSR count). The summed E-state index contributed by atoms with van der Waals surface area (Å²) in [6, 6.07) is 2.42. The summed E-state index contributed by atoms with van der Waals surface area (Å²) in [5.74, 6) is -0.487. The molecule has 21 heavy (non-hydrogen) atoms. The van der Waals surface area contributed by atoms with Crippen molar-refractivity contribution >= 4 is 21.6 Å². The molecule has 1 aromatic carbocycles. The summed E-state index contributed by atoms with van der Waals surface area (Å²) < 4.78 is 46.0. The zero-order valence-electron chi connectivity index (χ0n) is 11.1. The molecule has 0 spiro atoms. The fraction of sp³-hybridized carbons (Fsp3) is 0.538. The summed E-state index contributed by atoms with van der Waals surface area (Å²) in [7, 11) is -3.94. The van der Waals surface area contributed by atoms with E-state index in [0.717, 1.165) is 25.0 Å². The first-order chi connectivity index (χ1) is 9.90. The number of nitrogens with one attached hydrogen (secondary N) is 1. The number of benzene rings is 1. The lowest BCUT2D eigenvalue weighted by molar-refractivity contribution is -0.114. The highest BCUT2D eigenvalue weighted by Crippen LogP contribution is 2.38. The van der Waals surface area contributed by atoms with Crippen molar-refractivity contribution in [3.8, 4) is 0 Å². The second-order valence-corrected chi connectivity index (χ2v) is 7.53. The monoisotopic (exact) mass is 334 g/mol. The van der Waals surface area contributed by atoms with Gasteiger partial charge in [0.05, 0.1) is 17.2 Å². The molecule has 1 heterocycles. The van der Waals surface area contributed by atoms with Crippen LogP contribution < -0.4 is 10.5 Å². The van der Waals surface area contributed by atoms with Crippen LogP contribution in [-0.4, -0.2) is 33.2 Å². The van der Waals surface area contributed by atoms with Crippen molar-refractivity contribution in [3.63, 3.8) is 0 Å². The molecule has 2 aliphatic rings. The smallest absolute Gasteiger partial charge is 0.242 e. The predicted molar refractivity (Wildman–Crippen MR) is 76.0 cm³/mol. The van der Waals surface area contributed by atoms with Gasteiger partial charge < -0.3 is 10.5 Å². The van der Waals surface area contributed by atoms with Crippen LogP contribution in [0, 0.1) is 11.7 Å². The summed E-state index contributed by atoms with van der Waals surface area (Å²) in [5.41, 5.74) is 6.02. The third-order valence-corrected chi connectivity index (χ3v) is 6.09. The lowest BCUT2D eigenvalue weighted by atomic mass is 9.69. The van der Waals surface area contributed by atoms with Gasteiger partial charge in [0.25, 0.3) is 0 Å². The van der Waals surface area contributed by atoms with Gasteiger partial charge in [-0.3, -0.25) is 0 Å². The van der Waals surface area contributed by atoms with Gasteiger partial charge in [0.2, 0.25) is 10.0 Å². The molecule has 116 valence electrons. The van der Waals surface area contributed by atoms with E-state index in [-0.39, 0.29) is 28.0 Å². The zero-order chi connectivity index (χ0) is 15.2. The maximum atomic E-state index is 13.3. The molecule has 0 bridgehead atoms. The number of hydrogen-bond donors (Lipinski definition) is 2. The number of rotatable bonds is 3. The van der Waals surface area contributed by atoms with E-state index < -0.39 is 21.9 Å². The van der Waals surface area contributed by atoms with Crippen molar-refractivity contribution < 1.29 is 17.5 Å². The van der Waals surface area contributed by atoms with Crippen LogP contribution in [0.25, 0.3) is 0 Å². The number of halogens is 2. The van der Waals surface area contributed by atoms with E-state index in [2.05, 4.69) is 4.72 Å². The Morgan fingerprint density at radius 1 is 1.43 bits per heavy atom. The van der Waals surface area contributed by atoms with E-state index >= 15 is 0 Å². The van der Waals surface area contributed by atoms with Crippen molar-refractivity contribution in [1.29, 1.82) is 0 Å². The molecule has 4 atom stereocenters. The first kappa shape index (κ1) is 15.2. The topological polar surface area (TPSA) is 81.4 Å². The Balaban J connectivity index is 1.82. The van der Waals surface area contributed by atoms with Crippen LogP contribution in [0.5, 0.6) is 0 Å². The maximum absolute atomic E-state index is 13.3. The van der Waals surface area contributed by atoms with Crippen molar-refractivity contribution in [2.75, 3.05) is 6.61 Å². The van der Waals surface area contributed by atoms with E-state index in [1.54, 1.807) is 0 Å². The van der Waals surface area contributed by atoms with Crippen LogP contribution in [0.1, 0.15) is 12.8 Å². The molecular weight excluding hydrogens is 319 g/mol. The third kappa shape index (κ3) is 2.68. The lowest BCUT2D eigenvalue weighted by Crippen LogP contribution is -2.71. The van der Waals surface area contributed by atoms with Crippen LogP contribution >= 0.6 is 11.6 Å². The molecule has 1 aromatic rings. The molecule has 1 aliphatic heterocycles. The SMILES string of the molecule is NC1C2CCCOC2C1NS(=O)(=O)c1cc(F)ccc1Cl. The van der Waals surface area contributed by atoms with E-state index in [1.165, 1.54) is 6.07 Å². The highest BCUT2D eigenvalue weighted by molar-refractivity contribution is 7.89. The summed E-state index contributed by atoms with van der Waals surface area (Å²) in [5, 5.41) is -0.0297. The normalized spacial score (nSPS) is 32.3. The van der Waals surface area contributed by atoms with E-state index in [0.29, 0.717) is 6.61 Å². The average Bonchev–Trinajstić information content (AvgIpc) is 2.47. The van der Waals surface area contributed by atoms with Gasteiger partial charge in [0.15, 0.2) is 0 Å². The number of sulfonamides is 1. The number of nitrogens with two attached hydrogens (primary N) is 1. The maximum Gasteiger partial charge on any atom is 0.242 e. The molecule has 1 saturated carbocycles. The standard InChI is InChI=1S/C13H16ClFN2O3S/c14-9-4-3-7(15)6-10(9)21(18,19)17-12-11(16)8-2-1-5-20-13(8)12/h3-4,6,8,11-13,17H,1-2,5,16H2. The van der Waals surface area contributed by atoms with Crippen LogP contribution in [-0.2, 0) is 14.8 Å². The van der Waals surface area contributed by atoms with E-state index in [1.807, 2.05) is 0 Å². The third-order valence-electron chi connectivity index (χ3n) is 4.15. The Labute approximate surface area is 127 Å². The Kier molecular flexibility index (Phi) is 3.96. The fourth-order valence-corrected chi connectivity index (χ4v) is 4.81. The Morgan fingerprint density at radius 3 is 2.95 bits per heavy atom. The number of hydrogen-bond acceptors (Lipinski definition) is 4. The van der Waals surface area contributed by atoms with Crippen molar-refractivity contribution in [2.45, 2.75) is 35.9 Å². The van der Waals surface area contributed by atoms with Crippen molar-refractivity contribution in [1.82, 2.24) is 4.72 Å². The summed E-state index contributed by atoms with van der Waals surface area (Å²) in [6.45, 7) is 0.604. The van der Waals surface area contributed by atoms with E-state index in [9.17, 15) is 12.8 Å². The Bertz CT molecular complexity index is 655. The van der Waals surface area contributed by atoms with Crippen LogP contribution in [0.4, 0.5) is 4.39 Å². The molecular formula is C13H16ClFN2O3S. The summed E-state index contributed by atoms with van der Waals surface area (Å²) >= 11 is 5.85. The van der Waals surface area contributed by atoms with Gasteiger partial charge in [-0.05, 0) is 31.0 Å². The zero-order valence-corrected chi connectivity index (χ0v) is 12.7. The van der Waals surface area contributed by atoms with Gasteiger partial charge in [-0.1, -0.05) is 11.6 Å². The quantitative estimate of drug-likeness (QED) is 0.872. The fourth-order valence-electron chi connectivity index (χ4n) is 3.02. The molecule has 0 aromatic heterocycles. The van der Waals surface area contributed by atoms with Gasteiger partial charge in [0, 0.05) is 18.6 Å². The Hall–Kier alpha value is -0.730. The molecule has 0 amide bonds. The molecule has 1 aliphatic carbocycles. The van der Waals surface area contributed by atoms with Crippen LogP contribution in [0.2, 0.25) is 5.02 Å². The van der Waals surface area contributed by atoms with Gasteiger partial charge >= 0.3 is 0 Å². The molecule has 5 nitrogen and oxygen atoms in total. The highest BCUT2D eigenvalue weighted by atomic mass is 35.5. The molecule has 0 radical (unpaired) electrons. The largest absolute Gasteiger partial charge is 0.376 e. The molecule has 8 heteroatoms. The summed E-state index contributed by atoms with van der Waals surface area (Å²) in [4.78, 5) is -0.282. The molecule has 2 fully saturated rings. The second-order valence-electron chi connectivity index (χ2n) is 5.44. The Morgan fingerprint density at radius 2 is 2.19 bits per heavy atom. The van der Waals surface area contributed by atoms with Gasteiger partial charge in [-0.25, -0.2) is 17.5 Å². The first-order valence-corrected chi connectivity index (χ1v) is 8.61. The summed E-state index contributed by atoms with van der Waals surface area (Å²) in [6.07, 6.45) is 1.66. The lowest BCUT2D eigenvalue weighted by Gasteiger charge is -2.52. The van der Waals surface area contributed by atoms with Gasteiger partial charge in [0.1, 0.15) is 10.7 Å². The van der Waals surface area contributed by atoms with Crippen LogP contribution in [0.15, 0.2) is 23.1 Å². The van der Waals surface area contributed by atoms with Gasteiger partial charge in [-0.2, -0.15) is 0 Å². The molecule has 4 unspecified atom stereocenters. The first-order valence-electron chi connectivity index (χ1n) is 6.75. The number of fused-ring (bicyclic) bond motifs is 1.